The number of ether oxygens (including phenoxy) is 5. The predicted octanol–water partition coefficient (Wildman–Crippen LogP) is 13.3. The average molecular weight is 1460 g/mol. The van der Waals surface area contributed by atoms with Gasteiger partial charge in [-0.15, -0.1) is 26.3 Å². The number of halogens is 7. The van der Waals surface area contributed by atoms with Crippen molar-refractivity contribution in [2.24, 2.45) is 10.8 Å². The number of nitrogens with zero attached hydrogens (tertiary/aromatic N) is 7. The minimum Gasteiger partial charge on any atom is -0.406 e. The Labute approximate surface area is 581 Å². The Morgan fingerprint density at radius 3 is 1.15 bits per heavy atom. The van der Waals surface area contributed by atoms with Crippen molar-refractivity contribution in [1.29, 1.82) is 0 Å². The third-order valence-electron chi connectivity index (χ3n) is 17.6. The zero-order chi connectivity index (χ0) is 72.4. The fourth-order valence-electron chi connectivity index (χ4n) is 12.8. The maximum Gasteiger partial charge on any atom is 0.573 e. The topological polar surface area (TPSA) is 280 Å². The number of benzene rings is 8. The molecule has 14 rings (SSSR count). The molecule has 8 aromatic carbocycles. The molecule has 0 bridgehead atoms. The van der Waals surface area contributed by atoms with Gasteiger partial charge >= 0.3 is 12.7 Å². The molecule has 3 aromatic heterocycles. The van der Waals surface area contributed by atoms with E-state index >= 15 is 0 Å². The number of azide groups is 1. The van der Waals surface area contributed by atoms with Crippen molar-refractivity contribution < 1.29 is 82.2 Å². The summed E-state index contributed by atoms with van der Waals surface area (Å²) in [5.74, 6) is -1.05. The summed E-state index contributed by atoms with van der Waals surface area (Å²) in [5.41, 5.74) is 20.7. The molecule has 0 radical (unpaired) electrons. The highest BCUT2D eigenvalue weighted by Gasteiger charge is 2.40. The van der Waals surface area contributed by atoms with Crippen molar-refractivity contribution >= 4 is 95.2 Å². The van der Waals surface area contributed by atoms with Crippen LogP contribution < -0.4 is 19.9 Å². The van der Waals surface area contributed by atoms with Gasteiger partial charge in [0.05, 0.1) is 104 Å². The highest BCUT2D eigenvalue weighted by molar-refractivity contribution is 8.13. The van der Waals surface area contributed by atoms with Crippen LogP contribution >= 0.6 is 10.7 Å². The lowest BCUT2D eigenvalue weighted by Gasteiger charge is -2.36. The molecule has 0 saturated carbocycles. The third kappa shape index (κ3) is 17.7. The van der Waals surface area contributed by atoms with Gasteiger partial charge < -0.3 is 63.3 Å². The van der Waals surface area contributed by atoms with Crippen LogP contribution in [0, 0.1) is 0 Å². The van der Waals surface area contributed by atoms with Gasteiger partial charge in [-0.2, -0.15) is 0 Å². The monoisotopic (exact) mass is 1460 g/mol. The minimum atomic E-state index is -4.88. The van der Waals surface area contributed by atoms with E-state index in [4.69, 9.17) is 36.2 Å². The Morgan fingerprint density at radius 1 is 0.505 bits per heavy atom. The van der Waals surface area contributed by atoms with Gasteiger partial charge in [0.25, 0.3) is 9.05 Å². The molecule has 0 spiro atoms. The molecular weight excluding hydrogens is 1380 g/mol. The molecule has 6 heterocycles. The van der Waals surface area contributed by atoms with E-state index in [9.17, 15) is 58.5 Å². The first-order chi connectivity index (χ1) is 48.2. The molecule has 3 fully saturated rings. The molecule has 11 aromatic rings. The third-order valence-corrected chi connectivity index (χ3v) is 20.5. The molecule has 6 N–H and O–H groups in total. The normalized spacial score (nSPS) is 21.1. The lowest BCUT2D eigenvalue weighted by atomic mass is 10.0. The first-order valence-electron chi connectivity index (χ1n) is 32.2. The van der Waals surface area contributed by atoms with Crippen LogP contribution in [0.4, 0.5) is 26.3 Å². The SMILES string of the molecule is CCN(CC)CC.N[C@@H]1COC[C@H](n2c3ccccc3c3ccccc32)[C@H]1O.O=S(=O)(Cl)c1ccc(OC(F)(F)F)cc1.O=S(=O)(NC1COC[C@H](n2c3ccccc3c3ccccc32)[C@H]1O)c1ccc(OC(F)(F)F)cc1.[N-]=[N+]=N[C@@H]1COC[C@H](n2c3ccccc3c3ccccc32)[C@H]1O. The molecule has 101 heavy (non-hydrogen) atoms. The first-order valence-corrected chi connectivity index (χ1v) is 36.0. The number of aliphatic hydroxyl groups excluding tert-OH is 3. The number of sulfonamides is 1. The van der Waals surface area contributed by atoms with E-state index in [0.717, 1.165) is 103 Å². The van der Waals surface area contributed by atoms with E-state index in [0.29, 0.717) is 19.8 Å². The molecule has 1 unspecified atom stereocenters. The Kier molecular flexibility index (Phi) is 24.3. The number of aromatic nitrogens is 3. The molecule has 9 atom stereocenters. The zero-order valence-electron chi connectivity index (χ0n) is 54.7. The molecule has 3 aliphatic heterocycles. The molecule has 0 amide bonds. The van der Waals surface area contributed by atoms with Gasteiger partial charge in [0.2, 0.25) is 10.0 Å². The summed E-state index contributed by atoms with van der Waals surface area (Å²) in [7, 11) is -3.14. The number of hydrogen-bond donors (Lipinski definition) is 5. The Hall–Kier alpha value is -8.52. The summed E-state index contributed by atoms with van der Waals surface area (Å²) in [5, 5.41) is 42.8. The van der Waals surface area contributed by atoms with Gasteiger partial charge in [0, 0.05) is 81.0 Å². The second-order valence-corrected chi connectivity index (χ2v) is 28.0. The highest BCUT2D eigenvalue weighted by Crippen LogP contribution is 2.39. The van der Waals surface area contributed by atoms with Crippen molar-refractivity contribution in [3.8, 4) is 11.5 Å². The maximum atomic E-state index is 12.9. The lowest BCUT2D eigenvalue weighted by Crippen LogP contribution is -2.53. The summed E-state index contributed by atoms with van der Waals surface area (Å²) in [6, 6.07) is 52.7. The number of nitrogens with two attached hydrogens (primary N) is 1. The van der Waals surface area contributed by atoms with E-state index in [1.54, 1.807) is 0 Å². The molecular formula is C71H74ClF6N9O12S2. The smallest absolute Gasteiger partial charge is 0.406 e. The second-order valence-electron chi connectivity index (χ2n) is 23.8. The molecule has 30 heteroatoms. The van der Waals surface area contributed by atoms with Gasteiger partial charge in [0.1, 0.15) is 11.5 Å². The van der Waals surface area contributed by atoms with Gasteiger partial charge in [-0.3, -0.25) is 0 Å². The number of para-hydroxylation sites is 6. The lowest BCUT2D eigenvalue weighted by molar-refractivity contribution is -0.275. The number of fused-ring (bicyclic) bond motifs is 9. The van der Waals surface area contributed by atoms with Gasteiger partial charge in [-0.05, 0) is 110 Å². The Balaban J connectivity index is 0.000000146. The Bertz CT molecular complexity index is 4740. The van der Waals surface area contributed by atoms with Gasteiger partial charge in [-0.25, -0.2) is 21.6 Å². The second kappa shape index (κ2) is 32.6. The van der Waals surface area contributed by atoms with Crippen LogP contribution in [0.15, 0.2) is 209 Å². The first kappa shape index (κ1) is 75.2. The van der Waals surface area contributed by atoms with Crippen LogP contribution in [0.1, 0.15) is 38.9 Å². The van der Waals surface area contributed by atoms with Crippen molar-refractivity contribution in [3.63, 3.8) is 0 Å². The van der Waals surface area contributed by atoms with Crippen LogP contribution in [0.2, 0.25) is 0 Å². The summed E-state index contributed by atoms with van der Waals surface area (Å²) in [6.07, 6.45) is -12.2. The van der Waals surface area contributed by atoms with Crippen LogP contribution in [0.25, 0.3) is 75.9 Å². The maximum absolute atomic E-state index is 12.9. The van der Waals surface area contributed by atoms with E-state index < -0.39 is 79.7 Å². The predicted molar refractivity (Wildman–Crippen MR) is 374 cm³/mol. The van der Waals surface area contributed by atoms with E-state index in [-0.39, 0.29) is 47.7 Å². The molecule has 536 valence electrons. The number of rotatable bonds is 13. The largest absolute Gasteiger partial charge is 0.573 e. The number of hydrogen-bond acceptors (Lipinski definition) is 15. The Morgan fingerprint density at radius 2 is 0.822 bits per heavy atom. The van der Waals surface area contributed by atoms with Gasteiger partial charge in [-0.1, -0.05) is 135 Å². The van der Waals surface area contributed by atoms with E-state index in [1.165, 1.54) is 30.4 Å². The van der Waals surface area contributed by atoms with Crippen LogP contribution in [-0.4, -0.2) is 159 Å². The minimum absolute atomic E-state index is 0.0662. The van der Waals surface area contributed by atoms with E-state index in [1.807, 2.05) is 114 Å². The molecule has 3 saturated heterocycles. The number of nitrogens with one attached hydrogen (secondary N) is 1. The van der Waals surface area contributed by atoms with Crippen LogP contribution in [-0.2, 0) is 33.3 Å². The van der Waals surface area contributed by atoms with Crippen molar-refractivity contribution in [1.82, 2.24) is 23.3 Å². The van der Waals surface area contributed by atoms with Crippen LogP contribution in [0.3, 0.4) is 0 Å². The number of alkyl halides is 6. The van der Waals surface area contributed by atoms with E-state index in [2.05, 4.69) is 95.4 Å². The average Bonchev–Trinajstić information content (AvgIpc) is 1.60. The van der Waals surface area contributed by atoms with Crippen molar-refractivity contribution in [2.45, 2.75) is 97.8 Å². The van der Waals surface area contributed by atoms with Crippen molar-refractivity contribution in [2.75, 3.05) is 59.3 Å². The summed E-state index contributed by atoms with van der Waals surface area (Å²) in [6.45, 7) is 11.8. The van der Waals surface area contributed by atoms with Gasteiger partial charge in [0.15, 0.2) is 0 Å². The fourth-order valence-corrected chi connectivity index (χ4v) is 14.8. The zero-order valence-corrected chi connectivity index (χ0v) is 57.1. The summed E-state index contributed by atoms with van der Waals surface area (Å²) >= 11 is 0. The van der Waals surface area contributed by atoms with Crippen LogP contribution in [0.5, 0.6) is 11.5 Å². The highest BCUT2D eigenvalue weighted by atomic mass is 35.7. The fraction of sp³-hybridized carbons (Fsp3) is 0.324. The molecule has 0 aliphatic carbocycles. The molecule has 3 aliphatic rings. The number of aliphatic hydroxyl groups is 3. The summed E-state index contributed by atoms with van der Waals surface area (Å²) in [4.78, 5) is 4.64. The standard InChI is InChI=1S/C24H21F3N2O5S.C17H16N4O2.C17H18N2O2.C7H4ClF3O3S.C6H15N/c25-24(26,27)34-15-9-11-16(12-10-15)35(31,32)28-19-13-33-14-22(23(19)30)29-20-7-3-1-5-17(20)18-6-2-4-8-21(18)29;18-20-19-13-9-23-10-16(17(13)22)21-14-7-3-1-5-11(14)12-6-2-4-8-15(12)21;18-13-9-21-10-16(17(13)20)19-14-7-3-1-5-11(14)12-6-2-4-8-15(12)19;8-15(12,13)6-3-1-5(2-4-6)14-7(9,10)11;1-4-7(5-2)6-3/h1-12,19,22-23,28,30H,13-14H2;1-8,13,16-17,22H,9-10H2;1-8,13,16-17,20H,9-10,18H2;1-4H;4-6H2,1-3H3/t19?,22-,23-;2*13-,16+,17+;;/m011../s1. The van der Waals surface area contributed by atoms with Crippen molar-refractivity contribution in [3.05, 3.63) is 205 Å². The molecule has 21 nitrogen and oxygen atoms in total. The quantitative estimate of drug-likeness (QED) is 0.0236. The summed E-state index contributed by atoms with van der Waals surface area (Å²) < 4.78 is 152.